The molecule has 0 aliphatic carbocycles. The zero-order valence-electron chi connectivity index (χ0n) is 16.9. The van der Waals surface area contributed by atoms with Gasteiger partial charge < -0.3 is 19.0 Å². The largest absolute Gasteiger partial charge is 0.459 e. The average Bonchev–Trinajstić information content (AvgIpc) is 3.13. The fourth-order valence-electron chi connectivity index (χ4n) is 4.57. The molecule has 0 radical (unpaired) electrons. The highest BCUT2D eigenvalue weighted by Crippen LogP contribution is 2.29. The van der Waals surface area contributed by atoms with Crippen LogP contribution in [0.15, 0.2) is 35.0 Å². The molecule has 0 saturated carbocycles. The monoisotopic (exact) mass is 394 g/mol. The summed E-state index contributed by atoms with van der Waals surface area (Å²) >= 11 is 0. The highest BCUT2D eigenvalue weighted by atomic mass is 16.5. The summed E-state index contributed by atoms with van der Waals surface area (Å²) in [5.41, 5.74) is 3.46. The number of nitrogens with one attached hydrogen (secondary N) is 1. The molecule has 152 valence electrons. The number of benzene rings is 1. The van der Waals surface area contributed by atoms with Gasteiger partial charge in [-0.05, 0) is 25.5 Å². The Hall–Kier alpha value is -2.64. The molecule has 1 N–H and O–H groups in total. The number of carbonyl (C=O) groups excluding carboxylic acids is 1. The number of aromatic amines is 1. The van der Waals surface area contributed by atoms with E-state index in [1.807, 2.05) is 30.0 Å². The Morgan fingerprint density at radius 3 is 2.86 bits per heavy atom. The van der Waals surface area contributed by atoms with Crippen LogP contribution >= 0.6 is 0 Å². The maximum atomic E-state index is 13.1. The van der Waals surface area contributed by atoms with Gasteiger partial charge in [0.05, 0.1) is 32.1 Å². The molecule has 2 bridgehead atoms. The Kier molecular flexibility index (Phi) is 4.64. The molecule has 7 heteroatoms. The van der Waals surface area contributed by atoms with Crippen LogP contribution in [0, 0.1) is 19.8 Å². The number of nitrogens with zero attached hydrogens (tertiary/aromatic N) is 3. The lowest BCUT2D eigenvalue weighted by atomic mass is 10.1. The van der Waals surface area contributed by atoms with Crippen LogP contribution in [0.1, 0.15) is 27.5 Å². The number of aromatic nitrogens is 2. The molecule has 29 heavy (non-hydrogen) atoms. The van der Waals surface area contributed by atoms with Crippen molar-refractivity contribution in [3.05, 3.63) is 53.3 Å². The van der Waals surface area contributed by atoms with Crippen LogP contribution in [-0.2, 0) is 11.3 Å². The SMILES string of the molecule is Cc1[nH]cnc1C(=O)N1C[C@@H]2COC[C@H](C1)N(Cc1oc3ccccc3c1C)C2. The van der Waals surface area contributed by atoms with Gasteiger partial charge in [0.15, 0.2) is 0 Å². The Morgan fingerprint density at radius 2 is 2.07 bits per heavy atom. The summed E-state index contributed by atoms with van der Waals surface area (Å²) in [6.07, 6.45) is 1.58. The number of hydrogen-bond acceptors (Lipinski definition) is 5. The topological polar surface area (TPSA) is 74.6 Å². The number of ether oxygens (including phenoxy) is 1. The van der Waals surface area contributed by atoms with Crippen molar-refractivity contribution in [2.24, 2.45) is 5.92 Å². The summed E-state index contributed by atoms with van der Waals surface area (Å²) in [7, 11) is 0. The highest BCUT2D eigenvalue weighted by molar-refractivity contribution is 5.93. The van der Waals surface area contributed by atoms with E-state index in [4.69, 9.17) is 9.15 Å². The van der Waals surface area contributed by atoms with E-state index in [1.54, 1.807) is 6.33 Å². The molecule has 2 atom stereocenters. The predicted octanol–water partition coefficient (Wildman–Crippen LogP) is 2.75. The number of fused-ring (bicyclic) bond motifs is 4. The minimum Gasteiger partial charge on any atom is -0.459 e. The molecule has 5 rings (SSSR count). The summed E-state index contributed by atoms with van der Waals surface area (Å²) in [4.78, 5) is 24.7. The standard InChI is InChI=1S/C22H26N4O3/c1-14-18-5-3-4-6-19(18)29-20(14)10-25-7-16-8-26(9-17(25)12-28-11-16)22(27)21-15(2)23-13-24-21/h3-6,13,16-17H,7-12H2,1-2H3,(H,23,24)/t16-,17+/m1/s1. The Balaban J connectivity index is 1.40. The fourth-order valence-corrected chi connectivity index (χ4v) is 4.57. The lowest BCUT2D eigenvalue weighted by Crippen LogP contribution is -2.45. The van der Waals surface area contributed by atoms with Crippen molar-refractivity contribution in [2.75, 3.05) is 32.8 Å². The van der Waals surface area contributed by atoms with Gasteiger partial charge in [0.1, 0.15) is 17.0 Å². The molecule has 1 aromatic carbocycles. The molecule has 4 heterocycles. The predicted molar refractivity (Wildman–Crippen MR) is 109 cm³/mol. The van der Waals surface area contributed by atoms with Crippen LogP contribution in [0.2, 0.25) is 0 Å². The number of rotatable bonds is 3. The van der Waals surface area contributed by atoms with E-state index >= 15 is 0 Å². The maximum absolute atomic E-state index is 13.1. The highest BCUT2D eigenvalue weighted by Gasteiger charge is 2.36. The zero-order chi connectivity index (χ0) is 20.0. The molecule has 0 spiro atoms. The maximum Gasteiger partial charge on any atom is 0.274 e. The Bertz CT molecular complexity index is 1040. The molecule has 1 amide bonds. The normalized spacial score (nSPS) is 22.8. The average molecular weight is 394 g/mol. The van der Waals surface area contributed by atoms with Crippen LogP contribution in [0.4, 0.5) is 0 Å². The van der Waals surface area contributed by atoms with E-state index < -0.39 is 0 Å². The van der Waals surface area contributed by atoms with E-state index in [2.05, 4.69) is 27.9 Å². The first kappa shape index (κ1) is 18.4. The van der Waals surface area contributed by atoms with Crippen molar-refractivity contribution in [3.8, 4) is 0 Å². The number of para-hydroxylation sites is 1. The smallest absolute Gasteiger partial charge is 0.274 e. The van der Waals surface area contributed by atoms with Crippen molar-refractivity contribution in [1.82, 2.24) is 19.8 Å². The van der Waals surface area contributed by atoms with Gasteiger partial charge in [-0.25, -0.2) is 4.98 Å². The first-order chi connectivity index (χ1) is 14.1. The van der Waals surface area contributed by atoms with E-state index in [0.717, 1.165) is 30.1 Å². The van der Waals surface area contributed by atoms with Gasteiger partial charge in [-0.1, -0.05) is 18.2 Å². The molecule has 2 aliphatic heterocycles. The molecule has 0 unspecified atom stereocenters. The van der Waals surface area contributed by atoms with E-state index in [9.17, 15) is 4.79 Å². The van der Waals surface area contributed by atoms with Gasteiger partial charge in [-0.2, -0.15) is 0 Å². The number of H-pyrrole nitrogens is 1. The summed E-state index contributed by atoms with van der Waals surface area (Å²) < 4.78 is 12.1. The Labute approximate surface area is 169 Å². The third-order valence-corrected chi connectivity index (χ3v) is 6.19. The van der Waals surface area contributed by atoms with E-state index in [1.165, 1.54) is 10.9 Å². The number of hydrogen-bond donors (Lipinski definition) is 1. The van der Waals surface area contributed by atoms with Gasteiger partial charge in [-0.15, -0.1) is 0 Å². The first-order valence-electron chi connectivity index (χ1n) is 10.2. The second kappa shape index (κ2) is 7.31. The minimum absolute atomic E-state index is 0.00224. The van der Waals surface area contributed by atoms with Gasteiger partial charge in [0, 0.05) is 36.6 Å². The summed E-state index contributed by atoms with van der Waals surface area (Å²) in [5.74, 6) is 1.28. The van der Waals surface area contributed by atoms with Crippen LogP contribution < -0.4 is 0 Å². The van der Waals surface area contributed by atoms with Gasteiger partial charge in [-0.3, -0.25) is 9.69 Å². The molecule has 2 saturated heterocycles. The van der Waals surface area contributed by atoms with Gasteiger partial charge in [0.25, 0.3) is 5.91 Å². The van der Waals surface area contributed by atoms with Crippen LogP contribution in [-0.4, -0.2) is 64.6 Å². The van der Waals surface area contributed by atoms with Crippen molar-refractivity contribution >= 4 is 16.9 Å². The first-order valence-corrected chi connectivity index (χ1v) is 10.2. The number of aryl methyl sites for hydroxylation is 2. The third-order valence-electron chi connectivity index (χ3n) is 6.19. The summed E-state index contributed by atoms with van der Waals surface area (Å²) in [6, 6.07) is 8.30. The molecule has 7 nitrogen and oxygen atoms in total. The van der Waals surface area contributed by atoms with Gasteiger partial charge >= 0.3 is 0 Å². The lowest BCUT2D eigenvalue weighted by Gasteiger charge is -2.30. The molecule has 3 aromatic rings. The van der Waals surface area contributed by atoms with Crippen LogP contribution in [0.25, 0.3) is 11.0 Å². The van der Waals surface area contributed by atoms with E-state index in [-0.39, 0.29) is 17.9 Å². The fraction of sp³-hybridized carbons (Fsp3) is 0.455. The second-order valence-corrected chi connectivity index (χ2v) is 8.22. The quantitative estimate of drug-likeness (QED) is 0.739. The molecular formula is C22H26N4O3. The van der Waals surface area contributed by atoms with Crippen LogP contribution in [0.3, 0.4) is 0 Å². The number of amides is 1. The zero-order valence-corrected chi connectivity index (χ0v) is 16.9. The molecule has 2 fully saturated rings. The number of furan rings is 1. The summed E-state index contributed by atoms with van der Waals surface area (Å²) in [6.45, 7) is 8.27. The van der Waals surface area contributed by atoms with Gasteiger partial charge in [0.2, 0.25) is 0 Å². The lowest BCUT2D eigenvalue weighted by molar-refractivity contribution is 0.0397. The number of imidazole rings is 1. The summed E-state index contributed by atoms with van der Waals surface area (Å²) in [5, 5.41) is 1.17. The van der Waals surface area contributed by atoms with Crippen molar-refractivity contribution in [1.29, 1.82) is 0 Å². The second-order valence-electron chi connectivity index (χ2n) is 8.22. The molecular weight excluding hydrogens is 368 g/mol. The van der Waals surface area contributed by atoms with Crippen LogP contribution in [0.5, 0.6) is 0 Å². The molecule has 2 aliphatic rings. The molecule has 2 aromatic heterocycles. The van der Waals surface area contributed by atoms with Crippen molar-refractivity contribution in [2.45, 2.75) is 26.4 Å². The van der Waals surface area contributed by atoms with Crippen molar-refractivity contribution in [3.63, 3.8) is 0 Å². The minimum atomic E-state index is 0.00224. The Morgan fingerprint density at radius 1 is 1.21 bits per heavy atom. The van der Waals surface area contributed by atoms with Crippen molar-refractivity contribution < 1.29 is 13.9 Å². The number of carbonyl (C=O) groups is 1. The third kappa shape index (κ3) is 3.34. The van der Waals surface area contributed by atoms with E-state index in [0.29, 0.717) is 32.0 Å².